The van der Waals surface area contributed by atoms with Gasteiger partial charge in [-0.2, -0.15) is 11.8 Å². The van der Waals surface area contributed by atoms with Gasteiger partial charge in [-0.15, -0.1) is 11.3 Å². The number of amides is 1. The number of carbonyl (C=O) groups is 1. The molecule has 0 aliphatic carbocycles. The summed E-state index contributed by atoms with van der Waals surface area (Å²) in [5, 5.41) is 4.75. The minimum absolute atomic E-state index is 0.0369. The number of rotatable bonds is 4. The van der Waals surface area contributed by atoms with Crippen molar-refractivity contribution in [1.82, 2.24) is 20.0 Å². The van der Waals surface area contributed by atoms with Crippen molar-refractivity contribution in [3.63, 3.8) is 0 Å². The molecule has 144 valence electrons. The second-order valence-corrected chi connectivity index (χ2v) is 8.45. The predicted octanol–water partition coefficient (Wildman–Crippen LogP) is 4.00. The third-order valence-electron chi connectivity index (χ3n) is 4.30. The molecule has 0 unspecified atom stereocenters. The highest BCUT2D eigenvalue weighted by Crippen LogP contribution is 2.26. The lowest BCUT2D eigenvalue weighted by molar-refractivity contribution is 0.0777. The topological polar surface area (TPSA) is 72.1 Å². The van der Waals surface area contributed by atoms with E-state index in [9.17, 15) is 9.18 Å². The number of pyridine rings is 1. The second-order valence-electron chi connectivity index (χ2n) is 6.16. The molecule has 4 rings (SSSR count). The normalized spacial score (nSPS) is 14.7. The molecule has 1 amide bonds. The number of aromatic nitrogens is 3. The van der Waals surface area contributed by atoms with Crippen LogP contribution in [0.2, 0.25) is 0 Å². The molecule has 3 aromatic heterocycles. The monoisotopic (exact) mass is 416 g/mol. The van der Waals surface area contributed by atoms with E-state index in [1.807, 2.05) is 28.8 Å². The van der Waals surface area contributed by atoms with Gasteiger partial charge in [0.05, 0.1) is 18.1 Å². The van der Waals surface area contributed by atoms with Crippen LogP contribution in [-0.4, -0.2) is 50.5 Å². The standard InChI is InChI=1S/C19H17FN4O2S2/c1-12-14(18(23-26-12)15-4-2-13(20)10-21-15)3-5-17-22-11-16(28-17)19(25)24-6-8-27-9-7-24/h2-5,10-11H,6-9H2,1H3. The highest BCUT2D eigenvalue weighted by Gasteiger charge is 2.20. The van der Waals surface area contributed by atoms with Gasteiger partial charge in [-0.05, 0) is 31.2 Å². The summed E-state index contributed by atoms with van der Waals surface area (Å²) >= 11 is 3.22. The number of hydrogen-bond acceptors (Lipinski definition) is 7. The van der Waals surface area contributed by atoms with E-state index in [4.69, 9.17) is 4.52 Å². The number of nitrogens with zero attached hydrogens (tertiary/aromatic N) is 4. The maximum absolute atomic E-state index is 13.1. The van der Waals surface area contributed by atoms with Crippen LogP contribution in [0.3, 0.4) is 0 Å². The van der Waals surface area contributed by atoms with Gasteiger partial charge in [0.1, 0.15) is 27.2 Å². The van der Waals surface area contributed by atoms with E-state index >= 15 is 0 Å². The summed E-state index contributed by atoms with van der Waals surface area (Å²) in [6.07, 6.45) is 6.42. The van der Waals surface area contributed by atoms with Crippen LogP contribution >= 0.6 is 23.1 Å². The van der Waals surface area contributed by atoms with E-state index in [0.717, 1.165) is 36.4 Å². The van der Waals surface area contributed by atoms with Gasteiger partial charge in [-0.25, -0.2) is 9.37 Å². The lowest BCUT2D eigenvalue weighted by Gasteiger charge is -2.25. The molecule has 1 fully saturated rings. The first-order valence-corrected chi connectivity index (χ1v) is 10.7. The number of aryl methyl sites for hydroxylation is 1. The van der Waals surface area contributed by atoms with Crippen molar-refractivity contribution in [3.8, 4) is 11.4 Å². The minimum Gasteiger partial charge on any atom is -0.360 e. The summed E-state index contributed by atoms with van der Waals surface area (Å²) in [4.78, 5) is 23.5. The fourth-order valence-electron chi connectivity index (χ4n) is 2.82. The lowest BCUT2D eigenvalue weighted by atomic mass is 10.1. The molecule has 0 aromatic carbocycles. The van der Waals surface area contributed by atoms with Crippen LogP contribution in [0.1, 0.15) is 26.0 Å². The first-order valence-electron chi connectivity index (χ1n) is 8.71. The molecule has 0 bridgehead atoms. The maximum Gasteiger partial charge on any atom is 0.265 e. The summed E-state index contributed by atoms with van der Waals surface area (Å²) in [5.74, 6) is 2.20. The minimum atomic E-state index is -0.409. The van der Waals surface area contributed by atoms with E-state index in [0.29, 0.717) is 27.0 Å². The Morgan fingerprint density at radius 1 is 1.21 bits per heavy atom. The molecule has 9 heteroatoms. The zero-order valence-electron chi connectivity index (χ0n) is 15.1. The van der Waals surface area contributed by atoms with Gasteiger partial charge < -0.3 is 9.42 Å². The molecule has 3 aromatic rings. The summed E-state index contributed by atoms with van der Waals surface area (Å²) in [6, 6.07) is 2.89. The highest BCUT2D eigenvalue weighted by atomic mass is 32.2. The maximum atomic E-state index is 13.1. The molecule has 0 atom stereocenters. The van der Waals surface area contributed by atoms with Crippen molar-refractivity contribution in [2.24, 2.45) is 0 Å². The first-order chi connectivity index (χ1) is 13.6. The summed E-state index contributed by atoms with van der Waals surface area (Å²) in [7, 11) is 0. The van der Waals surface area contributed by atoms with Crippen LogP contribution in [0.5, 0.6) is 0 Å². The van der Waals surface area contributed by atoms with E-state index in [2.05, 4.69) is 15.1 Å². The molecule has 1 aliphatic heterocycles. The van der Waals surface area contributed by atoms with Crippen LogP contribution in [0, 0.1) is 12.7 Å². The second kappa shape index (κ2) is 8.24. The van der Waals surface area contributed by atoms with Gasteiger partial charge >= 0.3 is 0 Å². The number of halogens is 1. The summed E-state index contributed by atoms with van der Waals surface area (Å²) < 4.78 is 18.4. The molecular weight excluding hydrogens is 399 g/mol. The van der Waals surface area contributed by atoms with Crippen LogP contribution in [-0.2, 0) is 0 Å². The Kier molecular flexibility index (Phi) is 5.54. The zero-order valence-corrected chi connectivity index (χ0v) is 16.7. The van der Waals surface area contributed by atoms with Gasteiger partial charge in [0.15, 0.2) is 0 Å². The van der Waals surface area contributed by atoms with E-state index in [1.54, 1.807) is 19.2 Å². The smallest absolute Gasteiger partial charge is 0.265 e. The van der Waals surface area contributed by atoms with Gasteiger partial charge in [-0.3, -0.25) is 9.78 Å². The third kappa shape index (κ3) is 4.00. The van der Waals surface area contributed by atoms with Crippen molar-refractivity contribution in [1.29, 1.82) is 0 Å². The third-order valence-corrected chi connectivity index (χ3v) is 6.20. The Labute approximate surface area is 169 Å². The van der Waals surface area contributed by atoms with Crippen molar-refractivity contribution in [3.05, 3.63) is 51.6 Å². The molecule has 1 aliphatic rings. The highest BCUT2D eigenvalue weighted by molar-refractivity contribution is 7.99. The molecule has 0 N–H and O–H groups in total. The largest absolute Gasteiger partial charge is 0.360 e. The van der Waals surface area contributed by atoms with Gasteiger partial charge in [0.25, 0.3) is 5.91 Å². The lowest BCUT2D eigenvalue weighted by Crippen LogP contribution is -2.37. The Morgan fingerprint density at radius 2 is 2.04 bits per heavy atom. The molecule has 4 heterocycles. The Bertz CT molecular complexity index is 1010. The fourth-order valence-corrected chi connectivity index (χ4v) is 4.51. The number of hydrogen-bond donors (Lipinski definition) is 0. The van der Waals surface area contributed by atoms with Crippen LogP contribution in [0.15, 0.2) is 29.0 Å². The van der Waals surface area contributed by atoms with E-state index < -0.39 is 5.82 Å². The Hall–Kier alpha value is -2.52. The average molecular weight is 417 g/mol. The fraction of sp³-hybridized carbons (Fsp3) is 0.263. The van der Waals surface area contributed by atoms with E-state index in [-0.39, 0.29) is 5.91 Å². The van der Waals surface area contributed by atoms with E-state index in [1.165, 1.54) is 17.4 Å². The molecule has 28 heavy (non-hydrogen) atoms. The number of carbonyl (C=O) groups excluding carboxylic acids is 1. The van der Waals surface area contributed by atoms with Crippen LogP contribution in [0.4, 0.5) is 4.39 Å². The molecule has 1 saturated heterocycles. The SMILES string of the molecule is Cc1onc(-c2ccc(F)cn2)c1C=Cc1ncc(C(=O)N2CCSCC2)s1. The summed E-state index contributed by atoms with van der Waals surface area (Å²) in [6.45, 7) is 3.35. The predicted molar refractivity (Wildman–Crippen MR) is 109 cm³/mol. The van der Waals surface area contributed by atoms with Crippen molar-refractivity contribution < 1.29 is 13.7 Å². The van der Waals surface area contributed by atoms with Gasteiger partial charge in [0.2, 0.25) is 0 Å². The Balaban J connectivity index is 1.54. The number of thioether (sulfide) groups is 1. The number of thiazole rings is 1. The van der Waals surface area contributed by atoms with Crippen LogP contribution in [0.25, 0.3) is 23.5 Å². The molecule has 0 spiro atoms. The molecule has 0 radical (unpaired) electrons. The van der Waals surface area contributed by atoms with Crippen molar-refractivity contribution in [2.75, 3.05) is 24.6 Å². The van der Waals surface area contributed by atoms with Crippen molar-refractivity contribution in [2.45, 2.75) is 6.92 Å². The zero-order chi connectivity index (χ0) is 19.5. The van der Waals surface area contributed by atoms with Crippen LogP contribution < -0.4 is 0 Å². The van der Waals surface area contributed by atoms with Crippen molar-refractivity contribution >= 4 is 41.2 Å². The quantitative estimate of drug-likeness (QED) is 0.640. The van der Waals surface area contributed by atoms with Gasteiger partial charge in [0, 0.05) is 30.2 Å². The first kappa shape index (κ1) is 18.8. The summed E-state index contributed by atoms with van der Waals surface area (Å²) in [5.41, 5.74) is 1.80. The molecule has 0 saturated carbocycles. The molecule has 6 nitrogen and oxygen atoms in total. The molecular formula is C19H17FN4O2S2. The average Bonchev–Trinajstić information content (AvgIpc) is 3.34. The Morgan fingerprint density at radius 3 is 2.79 bits per heavy atom. The van der Waals surface area contributed by atoms with Gasteiger partial charge in [-0.1, -0.05) is 5.16 Å².